The molecule has 0 amide bonds. The first-order valence-electron chi connectivity index (χ1n) is 18.7. The maximum Gasteiger partial charge on any atom is 0.469 e. The zero-order valence-corrected chi connectivity index (χ0v) is 32.1. The highest BCUT2D eigenvalue weighted by Crippen LogP contribution is 2.35. The van der Waals surface area contributed by atoms with Crippen LogP contribution in [0, 0.1) is 0 Å². The maximum atomic E-state index is 12.3. The SMILES string of the molecule is CC/C=C/C=C/C=C/CCCCCCCC(=O)OC(COC(=O)CCC/C=C/C/C=C/C/C=C/C/C=C/C/C=C/C/C=C/CC)COP(=O)(O)O. The van der Waals surface area contributed by atoms with E-state index < -0.39 is 32.5 Å². The molecule has 0 spiro atoms. The first-order chi connectivity index (χ1) is 24.8. The van der Waals surface area contributed by atoms with Gasteiger partial charge in [-0.25, -0.2) is 4.57 Å². The van der Waals surface area contributed by atoms with E-state index in [1.54, 1.807) is 0 Å². The molecule has 0 aromatic rings. The van der Waals surface area contributed by atoms with Gasteiger partial charge in [-0.15, -0.1) is 0 Å². The van der Waals surface area contributed by atoms with Crippen LogP contribution in [-0.2, 0) is 28.2 Å². The summed E-state index contributed by atoms with van der Waals surface area (Å²) in [6.07, 6.45) is 51.0. The van der Waals surface area contributed by atoms with Gasteiger partial charge in [0.1, 0.15) is 6.61 Å². The number of ether oxygens (including phenoxy) is 2. The van der Waals surface area contributed by atoms with Gasteiger partial charge in [-0.3, -0.25) is 14.1 Å². The van der Waals surface area contributed by atoms with Crippen LogP contribution in [0.4, 0.5) is 0 Å². The van der Waals surface area contributed by atoms with E-state index in [4.69, 9.17) is 19.3 Å². The summed E-state index contributed by atoms with van der Waals surface area (Å²) < 4.78 is 26.2. The van der Waals surface area contributed by atoms with Crippen LogP contribution in [0.2, 0.25) is 0 Å². The van der Waals surface area contributed by atoms with E-state index in [1.807, 2.05) is 30.4 Å². The second kappa shape index (κ2) is 36.5. The van der Waals surface area contributed by atoms with Gasteiger partial charge >= 0.3 is 19.8 Å². The molecule has 0 rings (SSSR count). The number of unbranched alkanes of at least 4 members (excludes halogenated alkanes) is 6. The van der Waals surface area contributed by atoms with Crippen LogP contribution in [0.3, 0.4) is 0 Å². The van der Waals surface area contributed by atoms with Crippen molar-refractivity contribution in [2.45, 2.75) is 129 Å². The van der Waals surface area contributed by atoms with E-state index in [-0.39, 0.29) is 19.4 Å². The zero-order valence-electron chi connectivity index (χ0n) is 31.2. The van der Waals surface area contributed by atoms with E-state index in [1.165, 1.54) is 0 Å². The van der Waals surface area contributed by atoms with E-state index in [0.717, 1.165) is 77.0 Å². The molecule has 0 heterocycles. The molecule has 0 fully saturated rings. The van der Waals surface area contributed by atoms with E-state index >= 15 is 0 Å². The molecule has 9 heteroatoms. The number of carbonyl (C=O) groups is 2. The number of rotatable bonds is 32. The van der Waals surface area contributed by atoms with Crippen molar-refractivity contribution in [3.05, 3.63) is 109 Å². The summed E-state index contributed by atoms with van der Waals surface area (Å²) in [5, 5.41) is 0. The fourth-order valence-electron chi connectivity index (χ4n) is 4.38. The van der Waals surface area contributed by atoms with Crippen molar-refractivity contribution in [3.63, 3.8) is 0 Å². The largest absolute Gasteiger partial charge is 0.469 e. The number of hydrogen-bond donors (Lipinski definition) is 2. The van der Waals surface area contributed by atoms with E-state index in [9.17, 15) is 14.2 Å². The first-order valence-corrected chi connectivity index (χ1v) is 20.2. The Labute approximate surface area is 308 Å². The number of esters is 2. The standard InChI is InChI=1S/C42H65O8P/c1-3-5-7-9-11-13-15-17-18-19-20-21-22-23-25-26-28-30-32-34-36-41(43)48-38-40(39-49-51(45,46)47)50-42(44)37-35-33-31-29-27-24-16-14-12-10-8-6-4-2/h5-8,10-14,16-18,20-21,23,25,28,30,40H,3-4,9,15,19,22,24,26-27,29,31-39H2,1-2H3,(H2,45,46,47)/b7-5+,8-6+,12-10+,13-11+,16-14+,18-17+,21-20+,25-23+,30-28+. The van der Waals surface area contributed by atoms with Crippen LogP contribution < -0.4 is 0 Å². The number of carbonyl (C=O) groups excluding carboxylic acids is 2. The lowest BCUT2D eigenvalue weighted by Crippen LogP contribution is -2.29. The smallest absolute Gasteiger partial charge is 0.462 e. The minimum absolute atomic E-state index is 0.169. The van der Waals surface area contributed by atoms with Gasteiger partial charge in [0.15, 0.2) is 6.10 Å². The molecule has 0 aromatic carbocycles. The van der Waals surface area contributed by atoms with Crippen molar-refractivity contribution in [2.24, 2.45) is 0 Å². The molecule has 286 valence electrons. The Hall–Kier alpha value is -3.29. The lowest BCUT2D eigenvalue weighted by Gasteiger charge is -2.18. The van der Waals surface area contributed by atoms with Crippen LogP contribution in [0.15, 0.2) is 109 Å². The Morgan fingerprint density at radius 1 is 0.529 bits per heavy atom. The minimum atomic E-state index is -4.78. The summed E-state index contributed by atoms with van der Waals surface area (Å²) >= 11 is 0. The van der Waals surface area contributed by atoms with Crippen LogP contribution in [-0.4, -0.2) is 41.0 Å². The number of hydrogen-bond acceptors (Lipinski definition) is 6. The second-order valence-electron chi connectivity index (χ2n) is 11.8. The molecule has 0 aromatic heterocycles. The van der Waals surface area contributed by atoms with Crippen LogP contribution in [0.5, 0.6) is 0 Å². The molecule has 0 radical (unpaired) electrons. The normalized spacial score (nSPS) is 13.7. The van der Waals surface area contributed by atoms with Crippen molar-refractivity contribution in [1.29, 1.82) is 0 Å². The third-order valence-corrected chi connectivity index (χ3v) is 7.58. The van der Waals surface area contributed by atoms with Crippen molar-refractivity contribution in [1.82, 2.24) is 0 Å². The Balaban J connectivity index is 4.14. The summed E-state index contributed by atoms with van der Waals surface area (Å²) in [4.78, 5) is 42.7. The van der Waals surface area contributed by atoms with Crippen LogP contribution in [0.25, 0.3) is 0 Å². The molecule has 0 saturated heterocycles. The van der Waals surface area contributed by atoms with E-state index in [0.29, 0.717) is 19.3 Å². The summed E-state index contributed by atoms with van der Waals surface area (Å²) in [6.45, 7) is 3.34. The number of phosphoric ester groups is 1. The Kier molecular flexibility index (Phi) is 34.1. The maximum absolute atomic E-state index is 12.3. The highest BCUT2D eigenvalue weighted by Gasteiger charge is 2.22. The van der Waals surface area contributed by atoms with Gasteiger partial charge in [0, 0.05) is 12.8 Å². The predicted molar refractivity (Wildman–Crippen MR) is 211 cm³/mol. The van der Waals surface area contributed by atoms with Crippen molar-refractivity contribution < 1.29 is 37.9 Å². The Morgan fingerprint density at radius 2 is 1.00 bits per heavy atom. The van der Waals surface area contributed by atoms with Crippen LogP contribution in [0.1, 0.15) is 123 Å². The summed E-state index contributed by atoms with van der Waals surface area (Å²) in [7, 11) is -4.78. The van der Waals surface area contributed by atoms with E-state index in [2.05, 4.69) is 97.4 Å². The highest BCUT2D eigenvalue weighted by atomic mass is 31.2. The third-order valence-electron chi connectivity index (χ3n) is 7.10. The van der Waals surface area contributed by atoms with Gasteiger partial charge in [0.05, 0.1) is 6.61 Å². The molecule has 2 N–H and O–H groups in total. The zero-order chi connectivity index (χ0) is 37.5. The summed E-state index contributed by atoms with van der Waals surface area (Å²) in [6, 6.07) is 0. The monoisotopic (exact) mass is 728 g/mol. The molecule has 8 nitrogen and oxygen atoms in total. The van der Waals surface area contributed by atoms with Gasteiger partial charge in [0.25, 0.3) is 0 Å². The highest BCUT2D eigenvalue weighted by molar-refractivity contribution is 7.46. The van der Waals surface area contributed by atoms with Crippen LogP contribution >= 0.6 is 7.82 Å². The van der Waals surface area contributed by atoms with Crippen molar-refractivity contribution in [2.75, 3.05) is 13.2 Å². The molecule has 0 aliphatic carbocycles. The molecular formula is C42H65O8P. The molecule has 1 unspecified atom stereocenters. The van der Waals surface area contributed by atoms with Gasteiger partial charge in [0.2, 0.25) is 0 Å². The fraction of sp³-hybridized carbons (Fsp3) is 0.524. The average molecular weight is 729 g/mol. The number of allylic oxidation sites excluding steroid dienone is 18. The average Bonchev–Trinajstić information content (AvgIpc) is 3.10. The molecule has 1 atom stereocenters. The first kappa shape index (κ1) is 47.7. The second-order valence-corrected chi connectivity index (χ2v) is 13.1. The molecule has 0 bridgehead atoms. The lowest BCUT2D eigenvalue weighted by atomic mass is 10.1. The third kappa shape index (κ3) is 39.4. The van der Waals surface area contributed by atoms with Gasteiger partial charge in [-0.05, 0) is 77.0 Å². The topological polar surface area (TPSA) is 119 Å². The Morgan fingerprint density at radius 3 is 1.57 bits per heavy atom. The molecular weight excluding hydrogens is 663 g/mol. The van der Waals surface area contributed by atoms with Crippen molar-refractivity contribution in [3.8, 4) is 0 Å². The van der Waals surface area contributed by atoms with Crippen molar-refractivity contribution >= 4 is 19.8 Å². The molecule has 0 aliphatic rings. The summed E-state index contributed by atoms with van der Waals surface area (Å²) in [5.41, 5.74) is 0. The molecule has 51 heavy (non-hydrogen) atoms. The van der Waals surface area contributed by atoms with Gasteiger partial charge in [-0.2, -0.15) is 0 Å². The van der Waals surface area contributed by atoms with Gasteiger partial charge in [-0.1, -0.05) is 142 Å². The predicted octanol–water partition coefficient (Wildman–Crippen LogP) is 11.2. The minimum Gasteiger partial charge on any atom is -0.462 e. The summed E-state index contributed by atoms with van der Waals surface area (Å²) in [5.74, 6) is -0.993. The number of phosphoric acid groups is 1. The quantitative estimate of drug-likeness (QED) is 0.0231. The van der Waals surface area contributed by atoms with Gasteiger partial charge < -0.3 is 19.3 Å². The molecule has 0 saturated carbocycles. The molecule has 0 aliphatic heterocycles. The fourth-order valence-corrected chi connectivity index (χ4v) is 4.74. The lowest BCUT2D eigenvalue weighted by molar-refractivity contribution is -0.161. The Bertz CT molecular complexity index is 1180.